The van der Waals surface area contributed by atoms with Gasteiger partial charge in [-0.2, -0.15) is 0 Å². The molecule has 5 nitrogen and oxygen atoms in total. The molecule has 0 bridgehead atoms. The summed E-state index contributed by atoms with van der Waals surface area (Å²) in [5.41, 5.74) is 5.84. The van der Waals surface area contributed by atoms with E-state index in [1.54, 1.807) is 6.92 Å². The third-order valence-corrected chi connectivity index (χ3v) is 2.83. The average molecular weight is 285 g/mol. The predicted molar refractivity (Wildman–Crippen MR) is 70.3 cm³/mol. The van der Waals surface area contributed by atoms with Gasteiger partial charge in [0.25, 0.3) is 0 Å². The molecule has 1 atom stereocenters. The number of carbonyl (C=O) groups excluding carboxylic acids is 1. The molecule has 0 spiro atoms. The third-order valence-electron chi connectivity index (χ3n) is 2.83. The zero-order valence-corrected chi connectivity index (χ0v) is 11.1. The van der Waals surface area contributed by atoms with Gasteiger partial charge in [-0.05, 0) is 30.5 Å². The Morgan fingerprint density at radius 1 is 1.40 bits per heavy atom. The number of nitrogens with one attached hydrogen (secondary N) is 1. The highest BCUT2D eigenvalue weighted by molar-refractivity contribution is 6.01. The lowest BCUT2D eigenvalue weighted by Gasteiger charge is -2.13. The minimum atomic E-state index is -0.718. The summed E-state index contributed by atoms with van der Waals surface area (Å²) >= 11 is 0. The van der Waals surface area contributed by atoms with Crippen molar-refractivity contribution in [2.45, 2.75) is 19.8 Å². The van der Waals surface area contributed by atoms with Crippen molar-refractivity contribution in [1.29, 1.82) is 0 Å². The van der Waals surface area contributed by atoms with Crippen molar-refractivity contribution in [3.8, 4) is 0 Å². The van der Waals surface area contributed by atoms with Crippen molar-refractivity contribution in [3.63, 3.8) is 0 Å². The molecule has 1 aromatic carbocycles. The Bertz CT molecular complexity index is 486. The first-order valence-corrected chi connectivity index (χ1v) is 6.18. The topological polar surface area (TPSA) is 87.7 Å². The van der Waals surface area contributed by atoms with Crippen LogP contribution in [0.2, 0.25) is 0 Å². The highest BCUT2D eigenvalue weighted by Crippen LogP contribution is 2.08. The van der Waals surface area contributed by atoms with E-state index < -0.39 is 17.6 Å². The lowest BCUT2D eigenvalue weighted by molar-refractivity contribution is -0.123. The summed E-state index contributed by atoms with van der Waals surface area (Å²) in [5, 5.41) is 13.9. The fourth-order valence-corrected chi connectivity index (χ4v) is 1.81. The maximum Gasteiger partial charge on any atom is 0.230 e. The highest BCUT2D eigenvalue weighted by atomic mass is 19.1. The van der Waals surface area contributed by atoms with Gasteiger partial charge in [-0.3, -0.25) is 4.79 Å². The quantitative estimate of drug-likeness (QED) is 0.319. The van der Waals surface area contributed by atoms with Crippen LogP contribution in [-0.2, 0) is 11.2 Å². The second-order valence-corrected chi connectivity index (χ2v) is 4.30. The molecule has 0 aliphatic carbocycles. The van der Waals surface area contributed by atoms with Gasteiger partial charge in [-0.15, -0.1) is 0 Å². The first-order chi connectivity index (χ1) is 9.47. The van der Waals surface area contributed by atoms with Crippen molar-refractivity contribution in [3.05, 3.63) is 35.4 Å². The van der Waals surface area contributed by atoms with Crippen LogP contribution < -0.4 is 11.1 Å². The molecule has 1 amide bonds. The van der Waals surface area contributed by atoms with E-state index in [0.29, 0.717) is 12.0 Å². The Kier molecular flexibility index (Phi) is 5.89. The second-order valence-electron chi connectivity index (χ2n) is 4.30. The number of halogens is 2. The molecule has 0 aromatic heterocycles. The van der Waals surface area contributed by atoms with E-state index in [9.17, 15) is 13.6 Å². The van der Waals surface area contributed by atoms with Crippen molar-refractivity contribution in [1.82, 2.24) is 5.32 Å². The summed E-state index contributed by atoms with van der Waals surface area (Å²) in [7, 11) is 0. The van der Waals surface area contributed by atoms with Crippen LogP contribution in [0.5, 0.6) is 0 Å². The first-order valence-electron chi connectivity index (χ1n) is 6.18. The lowest BCUT2D eigenvalue weighted by Crippen LogP contribution is -2.39. The number of amides is 1. The molecule has 1 unspecified atom stereocenters. The highest BCUT2D eigenvalue weighted by Gasteiger charge is 2.20. The monoisotopic (exact) mass is 285 g/mol. The lowest BCUT2D eigenvalue weighted by atomic mass is 10.0. The molecule has 1 aromatic rings. The molecule has 4 N–H and O–H groups in total. The normalized spacial score (nSPS) is 13.1. The molecule has 110 valence electrons. The number of rotatable bonds is 6. The number of oxime groups is 1. The summed E-state index contributed by atoms with van der Waals surface area (Å²) in [6, 6.07) is 3.19. The molecule has 0 heterocycles. The zero-order chi connectivity index (χ0) is 15.1. The van der Waals surface area contributed by atoms with Gasteiger partial charge < -0.3 is 16.3 Å². The maximum absolute atomic E-state index is 13.0. The summed E-state index contributed by atoms with van der Waals surface area (Å²) in [6.45, 7) is 1.93. The minimum Gasteiger partial charge on any atom is -0.409 e. The molecule has 7 heteroatoms. The largest absolute Gasteiger partial charge is 0.409 e. The van der Waals surface area contributed by atoms with Crippen LogP contribution in [0.1, 0.15) is 18.9 Å². The Hall–Kier alpha value is -2.18. The summed E-state index contributed by atoms with van der Waals surface area (Å²) in [4.78, 5) is 11.8. The molecular weight excluding hydrogens is 268 g/mol. The Balaban J connectivity index is 2.53. The molecule has 0 fully saturated rings. The summed E-state index contributed by atoms with van der Waals surface area (Å²) in [5.74, 6) is -2.59. The van der Waals surface area contributed by atoms with Crippen LogP contribution in [0, 0.1) is 17.6 Å². The number of hydrogen-bond donors (Lipinski definition) is 3. The SMILES string of the molecule is CCC(C(=O)NCCc1cc(F)cc(F)c1)C(N)=NO. The third kappa shape index (κ3) is 4.49. The van der Waals surface area contributed by atoms with E-state index in [2.05, 4.69) is 10.5 Å². The Morgan fingerprint density at radius 2 is 2.00 bits per heavy atom. The second kappa shape index (κ2) is 7.42. The van der Waals surface area contributed by atoms with Gasteiger partial charge in [0, 0.05) is 12.6 Å². The first kappa shape index (κ1) is 15.9. The molecule has 0 aliphatic heterocycles. The number of amidine groups is 1. The van der Waals surface area contributed by atoms with Crippen molar-refractivity contribution in [2.75, 3.05) is 6.54 Å². The van der Waals surface area contributed by atoms with Crippen LogP contribution in [0.15, 0.2) is 23.4 Å². The van der Waals surface area contributed by atoms with Gasteiger partial charge in [0.15, 0.2) is 5.84 Å². The summed E-state index contributed by atoms with van der Waals surface area (Å²) < 4.78 is 25.9. The fourth-order valence-electron chi connectivity index (χ4n) is 1.81. The summed E-state index contributed by atoms with van der Waals surface area (Å²) in [6.07, 6.45) is 0.670. The predicted octanol–water partition coefficient (Wildman–Crippen LogP) is 1.40. The standard InChI is InChI=1S/C13H17F2N3O2/c1-2-11(12(16)18-20)13(19)17-4-3-8-5-9(14)7-10(15)6-8/h5-7,11,20H,2-4H2,1H3,(H2,16,18)(H,17,19). The smallest absolute Gasteiger partial charge is 0.230 e. The van der Waals surface area contributed by atoms with E-state index in [4.69, 9.17) is 10.9 Å². The van der Waals surface area contributed by atoms with Crippen molar-refractivity contribution in [2.24, 2.45) is 16.8 Å². The fraction of sp³-hybridized carbons (Fsp3) is 0.385. The maximum atomic E-state index is 13.0. The molecule has 0 radical (unpaired) electrons. The van der Waals surface area contributed by atoms with E-state index in [1.165, 1.54) is 12.1 Å². The van der Waals surface area contributed by atoms with Crippen LogP contribution >= 0.6 is 0 Å². The number of carbonyl (C=O) groups is 1. The van der Waals surface area contributed by atoms with Crippen LogP contribution in [0.25, 0.3) is 0 Å². The molecule has 0 saturated heterocycles. The van der Waals surface area contributed by atoms with E-state index in [1.807, 2.05) is 0 Å². The van der Waals surface area contributed by atoms with Gasteiger partial charge in [0.05, 0.1) is 5.92 Å². The van der Waals surface area contributed by atoms with E-state index >= 15 is 0 Å². The average Bonchev–Trinajstić information content (AvgIpc) is 2.38. The molecule has 0 aliphatic rings. The van der Waals surface area contributed by atoms with Gasteiger partial charge in [-0.25, -0.2) is 8.78 Å². The van der Waals surface area contributed by atoms with Crippen molar-refractivity contribution >= 4 is 11.7 Å². The Labute approximate surface area is 115 Å². The zero-order valence-electron chi connectivity index (χ0n) is 11.1. The molecule has 0 saturated carbocycles. The minimum absolute atomic E-state index is 0.165. The molecular formula is C13H17F2N3O2. The van der Waals surface area contributed by atoms with Gasteiger partial charge in [-0.1, -0.05) is 12.1 Å². The van der Waals surface area contributed by atoms with Gasteiger partial charge in [0.1, 0.15) is 11.6 Å². The van der Waals surface area contributed by atoms with Gasteiger partial charge in [0.2, 0.25) is 5.91 Å². The number of benzene rings is 1. The number of nitrogens with zero attached hydrogens (tertiary/aromatic N) is 1. The van der Waals surface area contributed by atoms with Crippen LogP contribution in [-0.4, -0.2) is 23.5 Å². The number of nitrogens with two attached hydrogens (primary N) is 1. The van der Waals surface area contributed by atoms with E-state index in [0.717, 1.165) is 6.07 Å². The van der Waals surface area contributed by atoms with E-state index in [-0.39, 0.29) is 24.7 Å². The number of hydrogen-bond acceptors (Lipinski definition) is 3. The van der Waals surface area contributed by atoms with Crippen molar-refractivity contribution < 1.29 is 18.8 Å². The van der Waals surface area contributed by atoms with Crippen LogP contribution in [0.4, 0.5) is 8.78 Å². The van der Waals surface area contributed by atoms with Crippen LogP contribution in [0.3, 0.4) is 0 Å². The van der Waals surface area contributed by atoms with Gasteiger partial charge >= 0.3 is 0 Å². The molecule has 20 heavy (non-hydrogen) atoms. The Morgan fingerprint density at radius 3 is 2.50 bits per heavy atom. The molecule has 1 rings (SSSR count).